The molecular weight excluding hydrogens is 264 g/mol. The molecule has 0 amide bonds. The Morgan fingerprint density at radius 3 is 2.71 bits per heavy atom. The van der Waals surface area contributed by atoms with Gasteiger partial charge in [-0.3, -0.25) is 0 Å². The third-order valence-corrected chi connectivity index (χ3v) is 3.34. The summed E-state index contributed by atoms with van der Waals surface area (Å²) in [6.45, 7) is 4.84. The van der Waals surface area contributed by atoms with Crippen LogP contribution in [0.4, 0.5) is 17.3 Å². The van der Waals surface area contributed by atoms with Gasteiger partial charge in [-0.25, -0.2) is 9.97 Å². The molecule has 3 N–H and O–H groups in total. The molecule has 5 heteroatoms. The van der Waals surface area contributed by atoms with Crippen molar-refractivity contribution in [1.82, 2.24) is 9.97 Å². The average Bonchev–Trinajstić information content (AvgIpc) is 2.46. The Balaban J connectivity index is 2.32. The monoisotopic (exact) mass is 286 g/mol. The normalized spacial score (nSPS) is 10.9. The molecule has 5 nitrogen and oxygen atoms in total. The fourth-order valence-electron chi connectivity index (χ4n) is 2.28. The Bertz CT molecular complexity index is 599. The Hall–Kier alpha value is -2.14. The molecule has 0 radical (unpaired) electrons. The lowest BCUT2D eigenvalue weighted by Gasteiger charge is -2.17. The van der Waals surface area contributed by atoms with Crippen LogP contribution in [0.5, 0.6) is 0 Å². The number of benzene rings is 1. The zero-order chi connectivity index (χ0) is 15.2. The Morgan fingerprint density at radius 1 is 1.24 bits per heavy atom. The minimum atomic E-state index is 0.250. The average molecular weight is 286 g/mol. The van der Waals surface area contributed by atoms with Crippen LogP contribution in [0.1, 0.15) is 30.9 Å². The number of nitrogens with one attached hydrogen (secondary N) is 1. The van der Waals surface area contributed by atoms with Crippen LogP contribution in [-0.4, -0.2) is 23.7 Å². The summed E-state index contributed by atoms with van der Waals surface area (Å²) in [6, 6.07) is 8.14. The van der Waals surface area contributed by atoms with Crippen LogP contribution in [0.25, 0.3) is 0 Å². The fourth-order valence-corrected chi connectivity index (χ4v) is 2.28. The highest BCUT2D eigenvalue weighted by Gasteiger charge is 2.14. The maximum atomic E-state index is 5.98. The number of nitrogens with zero attached hydrogens (tertiary/aromatic N) is 2. The minimum absolute atomic E-state index is 0.250. The van der Waals surface area contributed by atoms with Gasteiger partial charge in [0.2, 0.25) is 0 Å². The smallest absolute Gasteiger partial charge is 0.139 e. The zero-order valence-corrected chi connectivity index (χ0v) is 12.8. The zero-order valence-electron chi connectivity index (χ0n) is 12.8. The predicted octanol–water partition coefficient (Wildman–Crippen LogP) is 3.11. The van der Waals surface area contributed by atoms with Crippen molar-refractivity contribution in [2.45, 2.75) is 26.2 Å². The number of para-hydroxylation sites is 1. The molecule has 0 saturated carbocycles. The van der Waals surface area contributed by atoms with E-state index in [-0.39, 0.29) is 5.92 Å². The van der Waals surface area contributed by atoms with Gasteiger partial charge in [-0.1, -0.05) is 32.0 Å². The van der Waals surface area contributed by atoms with Gasteiger partial charge < -0.3 is 15.8 Å². The van der Waals surface area contributed by atoms with E-state index in [1.165, 1.54) is 11.9 Å². The molecule has 2 rings (SSSR count). The number of nitrogens with two attached hydrogens (primary N) is 1. The molecule has 0 unspecified atom stereocenters. The number of ether oxygens (including phenoxy) is 1. The van der Waals surface area contributed by atoms with E-state index in [4.69, 9.17) is 10.5 Å². The van der Waals surface area contributed by atoms with Crippen molar-refractivity contribution in [2.75, 3.05) is 24.8 Å². The van der Waals surface area contributed by atoms with E-state index in [0.717, 1.165) is 23.5 Å². The van der Waals surface area contributed by atoms with E-state index >= 15 is 0 Å². The van der Waals surface area contributed by atoms with E-state index in [1.807, 2.05) is 18.2 Å². The molecule has 0 fully saturated rings. The van der Waals surface area contributed by atoms with Crippen LogP contribution >= 0.6 is 0 Å². The maximum Gasteiger partial charge on any atom is 0.139 e. The quantitative estimate of drug-likeness (QED) is 0.853. The Morgan fingerprint density at radius 2 is 2.00 bits per heavy atom. The lowest BCUT2D eigenvalue weighted by Crippen LogP contribution is -2.08. The van der Waals surface area contributed by atoms with Crippen molar-refractivity contribution in [3.63, 3.8) is 0 Å². The molecule has 1 aromatic heterocycles. The largest absolute Gasteiger partial charge is 0.384 e. The summed E-state index contributed by atoms with van der Waals surface area (Å²) in [6.07, 6.45) is 2.33. The van der Waals surface area contributed by atoms with E-state index in [1.54, 1.807) is 7.11 Å². The van der Waals surface area contributed by atoms with E-state index in [2.05, 4.69) is 35.2 Å². The number of anilines is 3. The van der Waals surface area contributed by atoms with Gasteiger partial charge in [0.25, 0.3) is 0 Å². The first-order chi connectivity index (χ1) is 10.1. The number of hydrogen-bond acceptors (Lipinski definition) is 5. The molecule has 0 bridgehead atoms. The number of hydrogen-bond donors (Lipinski definition) is 2. The second kappa shape index (κ2) is 7.04. The molecule has 1 heterocycles. The van der Waals surface area contributed by atoms with Crippen LogP contribution in [0.2, 0.25) is 0 Å². The number of rotatable bonds is 6. The lowest BCUT2D eigenvalue weighted by atomic mass is 10.0. The second-order valence-electron chi connectivity index (χ2n) is 5.20. The van der Waals surface area contributed by atoms with Crippen LogP contribution in [0.15, 0.2) is 30.6 Å². The molecule has 0 aliphatic rings. The van der Waals surface area contributed by atoms with Crippen molar-refractivity contribution >= 4 is 17.3 Å². The maximum absolute atomic E-state index is 5.98. The first-order valence-corrected chi connectivity index (χ1v) is 7.07. The molecule has 0 spiro atoms. The predicted molar refractivity (Wildman–Crippen MR) is 85.8 cm³/mol. The number of methoxy groups -OCH3 is 1. The van der Waals surface area contributed by atoms with Gasteiger partial charge in [0, 0.05) is 18.4 Å². The molecule has 0 atom stereocenters. The molecule has 1 aromatic carbocycles. The number of aromatic nitrogens is 2. The van der Waals surface area contributed by atoms with Gasteiger partial charge in [0.1, 0.15) is 18.0 Å². The van der Waals surface area contributed by atoms with Gasteiger partial charge in [-0.2, -0.15) is 0 Å². The van der Waals surface area contributed by atoms with Crippen molar-refractivity contribution in [3.8, 4) is 0 Å². The van der Waals surface area contributed by atoms with Crippen molar-refractivity contribution in [1.29, 1.82) is 0 Å². The minimum Gasteiger partial charge on any atom is -0.384 e. The first kappa shape index (κ1) is 15.3. The first-order valence-electron chi connectivity index (χ1n) is 7.07. The summed E-state index contributed by atoms with van der Waals surface area (Å²) in [4.78, 5) is 8.43. The van der Waals surface area contributed by atoms with Crippen LogP contribution in [-0.2, 0) is 11.2 Å². The molecule has 0 saturated heterocycles. The summed E-state index contributed by atoms with van der Waals surface area (Å²) in [5, 5.41) is 3.39. The molecular formula is C16H22N4O. The van der Waals surface area contributed by atoms with Crippen LogP contribution in [0, 0.1) is 0 Å². The summed E-state index contributed by atoms with van der Waals surface area (Å²) >= 11 is 0. The summed E-state index contributed by atoms with van der Waals surface area (Å²) in [7, 11) is 1.71. The molecule has 0 aliphatic heterocycles. The topological polar surface area (TPSA) is 73.1 Å². The van der Waals surface area contributed by atoms with E-state index in [0.29, 0.717) is 12.4 Å². The number of nitrogen functional groups attached to an aromatic ring is 1. The summed E-state index contributed by atoms with van der Waals surface area (Å²) < 4.78 is 5.16. The highest BCUT2D eigenvalue weighted by molar-refractivity contribution is 5.67. The van der Waals surface area contributed by atoms with Gasteiger partial charge in [-0.05, 0) is 24.0 Å². The van der Waals surface area contributed by atoms with Crippen LogP contribution in [0.3, 0.4) is 0 Å². The molecule has 21 heavy (non-hydrogen) atoms. The highest BCUT2D eigenvalue weighted by Crippen LogP contribution is 2.29. The third-order valence-electron chi connectivity index (χ3n) is 3.34. The summed E-state index contributed by atoms with van der Waals surface area (Å²) in [5.41, 5.74) is 9.14. The van der Waals surface area contributed by atoms with E-state index < -0.39 is 0 Å². The molecule has 2 aromatic rings. The highest BCUT2D eigenvalue weighted by atomic mass is 16.5. The van der Waals surface area contributed by atoms with Crippen LogP contribution < -0.4 is 11.1 Å². The van der Waals surface area contributed by atoms with E-state index in [9.17, 15) is 0 Å². The SMILES string of the molecule is COCCc1ccccc1Nc1ncnc(N)c1C(C)C. The van der Waals surface area contributed by atoms with Gasteiger partial charge >= 0.3 is 0 Å². The van der Waals surface area contributed by atoms with Crippen molar-refractivity contribution in [3.05, 3.63) is 41.7 Å². The lowest BCUT2D eigenvalue weighted by molar-refractivity contribution is 0.202. The van der Waals surface area contributed by atoms with Gasteiger partial charge in [0.15, 0.2) is 0 Å². The van der Waals surface area contributed by atoms with Crippen molar-refractivity contribution in [2.24, 2.45) is 0 Å². The third kappa shape index (κ3) is 3.70. The summed E-state index contributed by atoms with van der Waals surface area (Å²) in [5.74, 6) is 1.54. The second-order valence-corrected chi connectivity index (χ2v) is 5.20. The fraction of sp³-hybridized carbons (Fsp3) is 0.375. The molecule has 112 valence electrons. The molecule has 0 aliphatic carbocycles. The van der Waals surface area contributed by atoms with Crippen molar-refractivity contribution < 1.29 is 4.74 Å². The van der Waals surface area contributed by atoms with Gasteiger partial charge in [-0.15, -0.1) is 0 Å². The Kier molecular flexibility index (Phi) is 5.11. The van der Waals surface area contributed by atoms with Gasteiger partial charge in [0.05, 0.1) is 6.61 Å². The Labute approximate surface area is 125 Å². The standard InChI is InChI=1S/C16H22N4O/c1-11(2)14-15(17)18-10-19-16(14)20-13-7-5-4-6-12(13)8-9-21-3/h4-7,10-11H,8-9H2,1-3H3,(H3,17,18,19,20).